The van der Waals surface area contributed by atoms with Gasteiger partial charge in [-0.05, 0) is 18.9 Å². The summed E-state index contributed by atoms with van der Waals surface area (Å²) in [4.78, 5) is 0.281. The Morgan fingerprint density at radius 1 is 1.26 bits per heavy atom. The minimum Gasteiger partial charge on any atom is -0.381 e. The number of aliphatic hydroxyl groups is 1. The van der Waals surface area contributed by atoms with E-state index < -0.39 is 15.6 Å². The van der Waals surface area contributed by atoms with Crippen LogP contribution in [0.4, 0.5) is 0 Å². The van der Waals surface area contributed by atoms with Gasteiger partial charge >= 0.3 is 0 Å². The summed E-state index contributed by atoms with van der Waals surface area (Å²) in [6.45, 7) is 1.64. The van der Waals surface area contributed by atoms with Gasteiger partial charge in [0.05, 0.1) is 4.91 Å². The predicted molar refractivity (Wildman–Crippen MR) is 75.9 cm³/mol. The van der Waals surface area contributed by atoms with E-state index in [0.29, 0.717) is 12.0 Å². The van der Waals surface area contributed by atoms with Gasteiger partial charge < -0.3 is 5.11 Å². The van der Waals surface area contributed by atoms with Crippen molar-refractivity contribution in [3.05, 3.63) is 46.4 Å². The van der Waals surface area contributed by atoms with E-state index >= 15 is 0 Å². The molecule has 5 heteroatoms. The van der Waals surface area contributed by atoms with Crippen LogP contribution in [0.25, 0.3) is 0 Å². The molecule has 0 heterocycles. The first kappa shape index (κ1) is 14.2. The normalized spacial score (nSPS) is 22.3. The Hall–Kier alpha value is -1.17. The highest BCUT2D eigenvalue weighted by Gasteiger charge is 2.37. The number of allylic oxidation sites excluding steroid dienone is 4. The highest BCUT2D eigenvalue weighted by atomic mass is 32.2. The van der Waals surface area contributed by atoms with E-state index in [2.05, 4.69) is 0 Å². The van der Waals surface area contributed by atoms with Gasteiger partial charge in [-0.3, -0.25) is 0 Å². The molecule has 0 saturated heterocycles. The molecular weight excluding hydrogens is 262 g/mol. The van der Waals surface area contributed by atoms with E-state index in [1.54, 1.807) is 19.1 Å². The zero-order valence-electron chi connectivity index (χ0n) is 11.4. The standard InChI is InChI=1S/C14H19NO3S/c1-14(16,11-7-4-5-8-11)12-9-6-10-13(12)19(17,18)15(2)3/h4,6-9,16H,5,10H2,1-3H3. The lowest BCUT2D eigenvalue weighted by atomic mass is 9.88. The molecule has 1 N–H and O–H groups in total. The lowest BCUT2D eigenvalue weighted by Gasteiger charge is -2.27. The van der Waals surface area contributed by atoms with Crippen molar-refractivity contribution in [2.45, 2.75) is 25.4 Å². The fourth-order valence-electron chi connectivity index (χ4n) is 2.36. The van der Waals surface area contributed by atoms with Gasteiger partial charge in [0.1, 0.15) is 5.60 Å². The van der Waals surface area contributed by atoms with Crippen molar-refractivity contribution >= 4 is 10.0 Å². The van der Waals surface area contributed by atoms with E-state index in [9.17, 15) is 13.5 Å². The largest absolute Gasteiger partial charge is 0.381 e. The van der Waals surface area contributed by atoms with Crippen LogP contribution in [0.1, 0.15) is 19.8 Å². The van der Waals surface area contributed by atoms with Crippen LogP contribution in [0.15, 0.2) is 46.4 Å². The maximum Gasteiger partial charge on any atom is 0.239 e. The highest BCUT2D eigenvalue weighted by Crippen LogP contribution is 2.38. The minimum atomic E-state index is -3.50. The lowest BCUT2D eigenvalue weighted by molar-refractivity contribution is 0.145. The molecule has 4 nitrogen and oxygen atoms in total. The molecule has 0 spiro atoms. The summed E-state index contributed by atoms with van der Waals surface area (Å²) >= 11 is 0. The Kier molecular flexibility index (Phi) is 3.55. The summed E-state index contributed by atoms with van der Waals surface area (Å²) in [6.07, 6.45) is 10.3. The fraction of sp³-hybridized carbons (Fsp3) is 0.429. The second kappa shape index (κ2) is 4.74. The Labute approximate surface area is 114 Å². The second-order valence-electron chi connectivity index (χ2n) is 5.10. The van der Waals surface area contributed by atoms with Gasteiger partial charge in [-0.2, -0.15) is 0 Å². The maximum absolute atomic E-state index is 12.3. The van der Waals surface area contributed by atoms with Gasteiger partial charge in [0, 0.05) is 26.1 Å². The van der Waals surface area contributed by atoms with Crippen LogP contribution in [-0.4, -0.2) is 37.5 Å². The number of sulfonamides is 1. The molecule has 0 amide bonds. The Morgan fingerprint density at radius 3 is 2.47 bits per heavy atom. The summed E-state index contributed by atoms with van der Waals surface area (Å²) in [5.41, 5.74) is -0.0437. The highest BCUT2D eigenvalue weighted by molar-refractivity contribution is 7.93. The van der Waals surface area contributed by atoms with Crippen molar-refractivity contribution in [3.8, 4) is 0 Å². The Balaban J connectivity index is 2.53. The molecule has 0 aliphatic heterocycles. The van der Waals surface area contributed by atoms with Gasteiger partial charge in [-0.15, -0.1) is 0 Å². The van der Waals surface area contributed by atoms with Gasteiger partial charge in [0.2, 0.25) is 10.0 Å². The second-order valence-corrected chi connectivity index (χ2v) is 7.27. The smallest absolute Gasteiger partial charge is 0.239 e. The molecule has 0 saturated carbocycles. The Bertz CT molecular complexity index is 605. The molecule has 0 fully saturated rings. The molecule has 0 aromatic rings. The van der Waals surface area contributed by atoms with Crippen molar-refractivity contribution in [1.29, 1.82) is 0 Å². The summed E-state index contributed by atoms with van der Waals surface area (Å²) in [7, 11) is -0.496. The molecule has 2 rings (SSSR count). The number of rotatable bonds is 4. The zero-order chi connectivity index (χ0) is 14.3. The van der Waals surface area contributed by atoms with E-state index in [1.807, 2.05) is 18.2 Å². The van der Waals surface area contributed by atoms with Crippen LogP contribution in [-0.2, 0) is 10.0 Å². The van der Waals surface area contributed by atoms with Crippen molar-refractivity contribution in [1.82, 2.24) is 4.31 Å². The molecule has 0 bridgehead atoms. The third kappa shape index (κ3) is 2.33. The van der Waals surface area contributed by atoms with E-state index in [1.165, 1.54) is 18.4 Å². The summed E-state index contributed by atoms with van der Waals surface area (Å²) in [5, 5.41) is 10.7. The first-order chi connectivity index (χ1) is 8.78. The van der Waals surface area contributed by atoms with Gasteiger partial charge in [-0.1, -0.05) is 30.4 Å². The van der Waals surface area contributed by atoms with Crippen LogP contribution in [0.3, 0.4) is 0 Å². The molecule has 0 aromatic heterocycles. The first-order valence-corrected chi connectivity index (χ1v) is 7.64. The monoisotopic (exact) mass is 281 g/mol. The van der Waals surface area contributed by atoms with Crippen LogP contribution >= 0.6 is 0 Å². The first-order valence-electron chi connectivity index (χ1n) is 6.20. The van der Waals surface area contributed by atoms with Crippen LogP contribution < -0.4 is 0 Å². The van der Waals surface area contributed by atoms with Crippen molar-refractivity contribution < 1.29 is 13.5 Å². The lowest BCUT2D eigenvalue weighted by Crippen LogP contribution is -2.32. The van der Waals surface area contributed by atoms with Crippen LogP contribution in [0.2, 0.25) is 0 Å². The SMILES string of the molecule is CN(C)S(=O)(=O)C1=C(C(C)(O)C2=CCC=C2)C=CC1. The third-order valence-electron chi connectivity index (χ3n) is 3.54. The molecule has 2 aliphatic rings. The molecule has 1 unspecified atom stereocenters. The molecule has 2 aliphatic carbocycles. The van der Waals surface area contributed by atoms with Gasteiger partial charge in [-0.25, -0.2) is 12.7 Å². The van der Waals surface area contributed by atoms with Crippen LogP contribution in [0, 0.1) is 0 Å². The van der Waals surface area contributed by atoms with E-state index in [0.717, 1.165) is 12.0 Å². The summed E-state index contributed by atoms with van der Waals surface area (Å²) in [6, 6.07) is 0. The van der Waals surface area contributed by atoms with E-state index in [4.69, 9.17) is 0 Å². The van der Waals surface area contributed by atoms with Crippen molar-refractivity contribution in [2.75, 3.05) is 14.1 Å². The predicted octanol–water partition coefficient (Wildman–Crippen LogP) is 1.73. The number of hydrogen-bond donors (Lipinski definition) is 1. The minimum absolute atomic E-state index is 0.281. The molecule has 0 radical (unpaired) electrons. The number of hydrogen-bond acceptors (Lipinski definition) is 3. The fourth-order valence-corrected chi connectivity index (χ4v) is 3.65. The van der Waals surface area contributed by atoms with E-state index in [-0.39, 0.29) is 4.91 Å². The maximum atomic E-state index is 12.3. The van der Waals surface area contributed by atoms with Crippen molar-refractivity contribution in [3.63, 3.8) is 0 Å². The van der Waals surface area contributed by atoms with Crippen molar-refractivity contribution in [2.24, 2.45) is 0 Å². The molecular formula is C14H19NO3S. The van der Waals surface area contributed by atoms with Gasteiger partial charge in [0.25, 0.3) is 0 Å². The molecule has 19 heavy (non-hydrogen) atoms. The molecule has 1 atom stereocenters. The topological polar surface area (TPSA) is 57.6 Å². The summed E-state index contributed by atoms with van der Waals surface area (Å²) in [5.74, 6) is 0. The summed E-state index contributed by atoms with van der Waals surface area (Å²) < 4.78 is 25.8. The average Bonchev–Trinajstić information content (AvgIpc) is 3.00. The molecule has 0 aromatic carbocycles. The average molecular weight is 281 g/mol. The zero-order valence-corrected chi connectivity index (χ0v) is 12.2. The molecule has 104 valence electrons. The van der Waals surface area contributed by atoms with Crippen LogP contribution in [0.5, 0.6) is 0 Å². The third-order valence-corrected chi connectivity index (χ3v) is 5.51. The quantitative estimate of drug-likeness (QED) is 0.853. The van der Waals surface area contributed by atoms with Gasteiger partial charge in [0.15, 0.2) is 0 Å². The Morgan fingerprint density at radius 2 is 1.95 bits per heavy atom. The number of nitrogens with zero attached hydrogens (tertiary/aromatic N) is 1.